The highest BCUT2D eigenvalue weighted by atomic mass is 16.6. The van der Waals surface area contributed by atoms with Crippen LogP contribution >= 0.6 is 0 Å². The molecule has 5 heteroatoms. The molecule has 0 bridgehead atoms. The molecule has 144 valence electrons. The van der Waals surface area contributed by atoms with E-state index >= 15 is 0 Å². The van der Waals surface area contributed by atoms with E-state index in [4.69, 9.17) is 9.47 Å². The van der Waals surface area contributed by atoms with Crippen LogP contribution < -0.4 is 4.74 Å². The number of carbonyl (C=O) groups is 3. The van der Waals surface area contributed by atoms with Crippen molar-refractivity contribution in [3.05, 3.63) is 29.8 Å². The van der Waals surface area contributed by atoms with Gasteiger partial charge >= 0.3 is 11.9 Å². The lowest BCUT2D eigenvalue weighted by Crippen LogP contribution is -2.42. The molecule has 0 aliphatic heterocycles. The Balaban J connectivity index is 2.77. The topological polar surface area (TPSA) is 69.7 Å². The van der Waals surface area contributed by atoms with Crippen LogP contribution in [0.2, 0.25) is 0 Å². The minimum absolute atomic E-state index is 0.0639. The van der Waals surface area contributed by atoms with Crippen molar-refractivity contribution in [3.63, 3.8) is 0 Å². The largest absolute Gasteiger partial charge is 0.465 e. The van der Waals surface area contributed by atoms with Crippen LogP contribution in [-0.4, -0.2) is 24.3 Å². The molecule has 0 fully saturated rings. The van der Waals surface area contributed by atoms with Gasteiger partial charge in [0.05, 0.1) is 6.61 Å². The Hall–Kier alpha value is -2.17. The first-order valence-corrected chi connectivity index (χ1v) is 9.41. The molecule has 0 atom stereocenters. The van der Waals surface area contributed by atoms with Crippen LogP contribution in [0.25, 0.3) is 0 Å². The molecule has 26 heavy (non-hydrogen) atoms. The van der Waals surface area contributed by atoms with E-state index in [2.05, 4.69) is 6.92 Å². The first kappa shape index (κ1) is 21.9. The Morgan fingerprint density at radius 2 is 1.50 bits per heavy atom. The number of unbranched alkanes of at least 4 members (excludes halogenated alkanes) is 3. The first-order chi connectivity index (χ1) is 12.4. The summed E-state index contributed by atoms with van der Waals surface area (Å²) >= 11 is 0. The van der Waals surface area contributed by atoms with Gasteiger partial charge in [-0.2, -0.15) is 0 Å². The highest BCUT2D eigenvalue weighted by molar-refractivity contribution is 6.01. The van der Waals surface area contributed by atoms with Crippen molar-refractivity contribution in [2.24, 2.45) is 5.41 Å². The van der Waals surface area contributed by atoms with E-state index in [0.29, 0.717) is 30.8 Å². The Labute approximate surface area is 156 Å². The molecule has 0 radical (unpaired) electrons. The molecule has 0 saturated heterocycles. The first-order valence-electron chi connectivity index (χ1n) is 9.41. The second-order valence-electron chi connectivity index (χ2n) is 6.46. The van der Waals surface area contributed by atoms with Gasteiger partial charge in [-0.1, -0.05) is 40.0 Å². The number of esters is 2. The number of benzene rings is 1. The van der Waals surface area contributed by atoms with E-state index in [1.807, 2.05) is 0 Å². The van der Waals surface area contributed by atoms with Crippen LogP contribution in [0.4, 0.5) is 0 Å². The second kappa shape index (κ2) is 10.7. The van der Waals surface area contributed by atoms with Crippen LogP contribution in [0, 0.1) is 5.41 Å². The van der Waals surface area contributed by atoms with Crippen LogP contribution in [0.5, 0.6) is 5.75 Å². The molecule has 1 aromatic rings. The lowest BCUT2D eigenvalue weighted by molar-refractivity contribution is -0.168. The van der Waals surface area contributed by atoms with Gasteiger partial charge in [0.15, 0.2) is 11.2 Å². The number of hydrogen-bond donors (Lipinski definition) is 0. The third-order valence-electron chi connectivity index (χ3n) is 4.69. The Kier molecular flexibility index (Phi) is 9.03. The van der Waals surface area contributed by atoms with E-state index in [1.54, 1.807) is 38.1 Å². The Morgan fingerprint density at radius 3 is 2.00 bits per heavy atom. The fraction of sp³-hybridized carbons (Fsp3) is 0.571. The smallest absolute Gasteiger partial charge is 0.328 e. The van der Waals surface area contributed by atoms with Gasteiger partial charge in [0.25, 0.3) is 0 Å². The number of carbonyl (C=O) groups excluding carboxylic acids is 3. The molecule has 1 rings (SSSR count). The van der Waals surface area contributed by atoms with E-state index in [-0.39, 0.29) is 5.78 Å². The quantitative estimate of drug-likeness (QED) is 0.187. The van der Waals surface area contributed by atoms with Crippen LogP contribution in [0.15, 0.2) is 24.3 Å². The number of ether oxygens (including phenoxy) is 2. The maximum Gasteiger partial charge on any atom is 0.328 e. The molecule has 0 saturated carbocycles. The minimum atomic E-state index is -1.30. The fourth-order valence-corrected chi connectivity index (χ4v) is 2.70. The van der Waals surface area contributed by atoms with E-state index in [0.717, 1.165) is 25.7 Å². The lowest BCUT2D eigenvalue weighted by atomic mass is 9.82. The van der Waals surface area contributed by atoms with Gasteiger partial charge in [0.2, 0.25) is 0 Å². The number of ketones is 1. The van der Waals surface area contributed by atoms with Gasteiger partial charge in [-0.05, 0) is 50.5 Å². The molecule has 0 aromatic heterocycles. The molecule has 0 aliphatic rings. The number of hydrogen-bond acceptors (Lipinski definition) is 5. The van der Waals surface area contributed by atoms with Crippen LogP contribution in [0.3, 0.4) is 0 Å². The summed E-state index contributed by atoms with van der Waals surface area (Å²) in [4.78, 5) is 36.6. The monoisotopic (exact) mass is 362 g/mol. The average molecular weight is 362 g/mol. The highest BCUT2D eigenvalue weighted by Crippen LogP contribution is 2.31. The van der Waals surface area contributed by atoms with Gasteiger partial charge in [0, 0.05) is 5.56 Å². The Morgan fingerprint density at radius 1 is 0.885 bits per heavy atom. The summed E-state index contributed by atoms with van der Waals surface area (Å²) in [5.74, 6) is -0.894. The third-order valence-corrected chi connectivity index (χ3v) is 4.69. The van der Waals surface area contributed by atoms with Crippen LogP contribution in [0.1, 0.15) is 76.6 Å². The molecule has 0 N–H and O–H groups in total. The summed E-state index contributed by atoms with van der Waals surface area (Å²) in [7, 11) is 0. The summed E-state index contributed by atoms with van der Waals surface area (Å²) in [6.45, 7) is 7.46. The molecular weight excluding hydrogens is 332 g/mol. The van der Waals surface area contributed by atoms with Crippen molar-refractivity contribution in [2.45, 2.75) is 66.2 Å². The summed E-state index contributed by atoms with van der Waals surface area (Å²) in [5.41, 5.74) is -0.766. The molecule has 0 unspecified atom stereocenters. The van der Waals surface area contributed by atoms with Crippen LogP contribution in [-0.2, 0) is 14.3 Å². The van der Waals surface area contributed by atoms with Crippen molar-refractivity contribution in [1.82, 2.24) is 0 Å². The Bertz CT molecular complexity index is 599. The van der Waals surface area contributed by atoms with Crippen molar-refractivity contribution in [1.29, 1.82) is 0 Å². The lowest BCUT2D eigenvalue weighted by Gasteiger charge is -2.26. The zero-order valence-electron chi connectivity index (χ0n) is 16.3. The molecular formula is C21H30O5. The van der Waals surface area contributed by atoms with Crippen molar-refractivity contribution < 1.29 is 23.9 Å². The SMILES string of the molecule is CCCCCCOC(=O)C(CC)(CC)C(=O)Oc1ccc(C(C)=O)cc1. The fourth-order valence-electron chi connectivity index (χ4n) is 2.70. The molecule has 0 aliphatic carbocycles. The maximum atomic E-state index is 12.7. The van der Waals surface area contributed by atoms with Gasteiger partial charge in [-0.15, -0.1) is 0 Å². The molecule has 0 amide bonds. The molecule has 5 nitrogen and oxygen atoms in total. The zero-order chi connectivity index (χ0) is 19.6. The highest BCUT2D eigenvalue weighted by Gasteiger charge is 2.46. The van der Waals surface area contributed by atoms with Crippen molar-refractivity contribution in [2.75, 3.05) is 6.61 Å². The third kappa shape index (κ3) is 5.68. The van der Waals surface area contributed by atoms with Crippen molar-refractivity contribution in [3.8, 4) is 5.75 Å². The molecule has 0 spiro atoms. The molecule has 1 aromatic carbocycles. The van der Waals surface area contributed by atoms with Gasteiger partial charge in [-0.25, -0.2) is 0 Å². The van der Waals surface area contributed by atoms with Crippen molar-refractivity contribution >= 4 is 17.7 Å². The summed E-state index contributed by atoms with van der Waals surface area (Å²) in [6, 6.07) is 6.30. The molecule has 0 heterocycles. The summed E-state index contributed by atoms with van der Waals surface area (Å²) in [5, 5.41) is 0. The zero-order valence-corrected chi connectivity index (χ0v) is 16.3. The predicted molar refractivity (Wildman–Crippen MR) is 100 cm³/mol. The second-order valence-corrected chi connectivity index (χ2v) is 6.46. The van der Waals surface area contributed by atoms with Gasteiger partial charge < -0.3 is 9.47 Å². The normalized spacial score (nSPS) is 11.1. The summed E-state index contributed by atoms with van der Waals surface area (Å²) in [6.07, 6.45) is 4.62. The van der Waals surface area contributed by atoms with E-state index < -0.39 is 17.4 Å². The van der Waals surface area contributed by atoms with E-state index in [9.17, 15) is 14.4 Å². The predicted octanol–water partition coefficient (Wildman–Crippen LogP) is 4.72. The maximum absolute atomic E-state index is 12.7. The number of Topliss-reactive ketones (excluding diaryl/α,β-unsaturated/α-hetero) is 1. The summed E-state index contributed by atoms with van der Waals surface area (Å²) < 4.78 is 10.8. The van der Waals surface area contributed by atoms with E-state index in [1.165, 1.54) is 6.92 Å². The minimum Gasteiger partial charge on any atom is -0.465 e. The average Bonchev–Trinajstić information content (AvgIpc) is 2.63. The van der Waals surface area contributed by atoms with Gasteiger partial charge in [0.1, 0.15) is 5.75 Å². The number of rotatable bonds is 11. The van der Waals surface area contributed by atoms with Gasteiger partial charge in [-0.3, -0.25) is 14.4 Å². The standard InChI is InChI=1S/C21H30O5/c1-5-8-9-10-15-25-19(23)21(6-2,7-3)20(24)26-18-13-11-17(12-14-18)16(4)22/h11-14H,5-10,15H2,1-4H3.